The average Bonchev–Trinajstić information content (AvgIpc) is 2.26. The van der Waals surface area contributed by atoms with Crippen LogP contribution in [0.3, 0.4) is 0 Å². The smallest absolute Gasteiger partial charge is 0.146 e. The highest BCUT2D eigenvalue weighted by Gasteiger charge is 1.91. The van der Waals surface area contributed by atoms with Gasteiger partial charge in [-0.2, -0.15) is 0 Å². The predicted molar refractivity (Wildman–Crippen MR) is 59.8 cm³/mol. The van der Waals surface area contributed by atoms with E-state index in [1.54, 1.807) is 0 Å². The molecule has 0 aromatic heterocycles. The molecule has 0 N–H and O–H groups in total. The Balaban J connectivity index is 2.81. The van der Waals surface area contributed by atoms with E-state index < -0.39 is 0 Å². The second-order valence-corrected chi connectivity index (χ2v) is 3.29. The number of hydrogen-bond donors (Lipinski definition) is 0. The molecule has 15 heavy (non-hydrogen) atoms. The molecule has 6 heteroatoms. The van der Waals surface area contributed by atoms with Crippen molar-refractivity contribution in [1.29, 1.82) is 0 Å². The summed E-state index contributed by atoms with van der Waals surface area (Å²) >= 11 is 10.8. The van der Waals surface area contributed by atoms with Gasteiger partial charge in [-0.25, -0.2) is 0 Å². The molecule has 0 radical (unpaired) electrons. The maximum Gasteiger partial charge on any atom is 0.146 e. The lowest BCUT2D eigenvalue weighted by molar-refractivity contribution is -0.0800. The summed E-state index contributed by atoms with van der Waals surface area (Å²) in [7, 11) is 0. The van der Waals surface area contributed by atoms with E-state index in [0.29, 0.717) is 51.4 Å². The molecule has 4 nitrogen and oxygen atoms in total. The molecular weight excluding hydrogens is 243 g/mol. The molecule has 0 fully saturated rings. The number of ether oxygens (including phenoxy) is 4. The van der Waals surface area contributed by atoms with Crippen molar-refractivity contribution in [2.45, 2.75) is 0 Å². The Morgan fingerprint density at radius 1 is 0.533 bits per heavy atom. The van der Waals surface area contributed by atoms with Gasteiger partial charge in [-0.05, 0) is 0 Å². The van der Waals surface area contributed by atoms with Crippen LogP contribution in [0.2, 0.25) is 0 Å². The van der Waals surface area contributed by atoms with Crippen LogP contribution in [0.1, 0.15) is 0 Å². The molecule has 0 rings (SSSR count). The van der Waals surface area contributed by atoms with Crippen LogP contribution < -0.4 is 0 Å². The Labute approximate surface area is 101 Å². The molecule has 0 bridgehead atoms. The highest BCUT2D eigenvalue weighted by atomic mass is 35.5. The van der Waals surface area contributed by atoms with E-state index in [1.807, 2.05) is 0 Å². The fraction of sp³-hybridized carbons (Fsp3) is 1.00. The van der Waals surface area contributed by atoms with Crippen LogP contribution in [-0.4, -0.2) is 58.2 Å². The third kappa shape index (κ3) is 14.4. The van der Waals surface area contributed by atoms with E-state index in [9.17, 15) is 0 Å². The molecule has 92 valence electrons. The summed E-state index contributed by atoms with van der Waals surface area (Å²) in [6, 6.07) is 0. The van der Waals surface area contributed by atoms with Crippen molar-refractivity contribution in [3.63, 3.8) is 0 Å². The van der Waals surface area contributed by atoms with Gasteiger partial charge in [-0.3, -0.25) is 0 Å². The number of hydrogen-bond acceptors (Lipinski definition) is 4. The summed E-state index contributed by atoms with van der Waals surface area (Å²) in [5, 5.41) is 0. The van der Waals surface area contributed by atoms with Crippen molar-refractivity contribution in [2.24, 2.45) is 0 Å². The first-order valence-electron chi connectivity index (χ1n) is 4.84. The van der Waals surface area contributed by atoms with Crippen LogP contribution in [0.5, 0.6) is 0 Å². The summed E-state index contributed by atoms with van der Waals surface area (Å²) in [6.07, 6.45) is 0. The van der Waals surface area contributed by atoms with Crippen molar-refractivity contribution in [3.05, 3.63) is 0 Å². The largest absolute Gasteiger partial charge is 0.378 e. The predicted octanol–water partition coefficient (Wildman–Crippen LogP) is 1.49. The van der Waals surface area contributed by atoms with Gasteiger partial charge in [0, 0.05) is 11.8 Å². The molecular formula is C9H18Cl2O4. The lowest BCUT2D eigenvalue weighted by Gasteiger charge is -2.06. The van der Waals surface area contributed by atoms with Gasteiger partial charge in [0.15, 0.2) is 0 Å². The van der Waals surface area contributed by atoms with Gasteiger partial charge < -0.3 is 18.9 Å². The molecule has 0 saturated heterocycles. The van der Waals surface area contributed by atoms with Crippen LogP contribution in [0, 0.1) is 0 Å². The second-order valence-electron chi connectivity index (χ2n) is 2.54. The van der Waals surface area contributed by atoms with Crippen LogP contribution >= 0.6 is 23.2 Å². The lowest BCUT2D eigenvalue weighted by Crippen LogP contribution is -2.11. The Morgan fingerprint density at radius 2 is 0.933 bits per heavy atom. The molecule has 0 aromatic rings. The molecule has 0 atom stereocenters. The van der Waals surface area contributed by atoms with E-state index in [0.717, 1.165) is 0 Å². The highest BCUT2D eigenvalue weighted by molar-refractivity contribution is 6.18. The van der Waals surface area contributed by atoms with Crippen LogP contribution in [0.25, 0.3) is 0 Å². The first-order valence-corrected chi connectivity index (χ1v) is 5.91. The van der Waals surface area contributed by atoms with Crippen molar-refractivity contribution in [1.82, 2.24) is 0 Å². The topological polar surface area (TPSA) is 36.9 Å². The average molecular weight is 261 g/mol. The Hall–Kier alpha value is 0.420. The number of rotatable bonds is 12. The fourth-order valence-corrected chi connectivity index (χ4v) is 0.944. The van der Waals surface area contributed by atoms with E-state index in [2.05, 4.69) is 0 Å². The van der Waals surface area contributed by atoms with E-state index >= 15 is 0 Å². The van der Waals surface area contributed by atoms with Crippen molar-refractivity contribution >= 4 is 23.2 Å². The van der Waals surface area contributed by atoms with Gasteiger partial charge in [-0.15, -0.1) is 23.2 Å². The maximum atomic E-state index is 5.41. The first kappa shape index (κ1) is 15.4. The zero-order valence-corrected chi connectivity index (χ0v) is 10.3. The first-order chi connectivity index (χ1) is 7.41. The maximum absolute atomic E-state index is 5.41. The minimum absolute atomic E-state index is 0.258. The minimum Gasteiger partial charge on any atom is -0.378 e. The van der Waals surface area contributed by atoms with Gasteiger partial charge >= 0.3 is 0 Å². The zero-order valence-electron chi connectivity index (χ0n) is 8.75. The summed E-state index contributed by atoms with van der Waals surface area (Å²) < 4.78 is 20.4. The number of halogens is 2. The summed E-state index contributed by atoms with van der Waals surface area (Å²) in [6.45, 7) is 3.47. The van der Waals surface area contributed by atoms with Crippen molar-refractivity contribution < 1.29 is 18.9 Å². The van der Waals surface area contributed by atoms with Gasteiger partial charge in [0.2, 0.25) is 0 Å². The zero-order chi connectivity index (χ0) is 11.2. The molecule has 0 aliphatic rings. The molecule has 0 amide bonds. The van der Waals surface area contributed by atoms with Crippen LogP contribution in [0.15, 0.2) is 0 Å². The third-order valence-corrected chi connectivity index (χ3v) is 1.66. The Morgan fingerprint density at radius 3 is 1.33 bits per heavy atom. The van der Waals surface area contributed by atoms with Crippen LogP contribution in [0.4, 0.5) is 0 Å². The Kier molecular flexibility index (Phi) is 14.8. The lowest BCUT2D eigenvalue weighted by atomic mass is 10.7. The van der Waals surface area contributed by atoms with Crippen molar-refractivity contribution in [2.75, 3.05) is 58.2 Å². The van der Waals surface area contributed by atoms with Gasteiger partial charge in [-0.1, -0.05) is 0 Å². The molecule has 0 aliphatic carbocycles. The van der Waals surface area contributed by atoms with E-state index in [4.69, 9.17) is 42.1 Å². The van der Waals surface area contributed by atoms with E-state index in [1.165, 1.54) is 0 Å². The summed E-state index contributed by atoms with van der Waals surface area (Å²) in [5.41, 5.74) is 0. The van der Waals surface area contributed by atoms with E-state index in [-0.39, 0.29) is 6.79 Å². The molecule has 0 aromatic carbocycles. The van der Waals surface area contributed by atoms with Gasteiger partial charge in [0.25, 0.3) is 0 Å². The monoisotopic (exact) mass is 260 g/mol. The molecule has 0 aliphatic heterocycles. The quantitative estimate of drug-likeness (QED) is 0.303. The van der Waals surface area contributed by atoms with Crippen LogP contribution in [-0.2, 0) is 18.9 Å². The standard InChI is InChI=1S/C9H18Cl2O4/c10-1-3-12-5-7-14-9-15-8-6-13-4-2-11/h1-9H2. The van der Waals surface area contributed by atoms with Gasteiger partial charge in [0.1, 0.15) is 6.79 Å². The Bertz CT molecular complexity index is 104. The molecule has 0 spiro atoms. The molecule has 0 heterocycles. The van der Waals surface area contributed by atoms with Crippen molar-refractivity contribution in [3.8, 4) is 0 Å². The third-order valence-electron chi connectivity index (χ3n) is 1.35. The summed E-state index contributed by atoms with van der Waals surface area (Å²) in [4.78, 5) is 0. The summed E-state index contributed by atoms with van der Waals surface area (Å²) in [5.74, 6) is 1.02. The normalized spacial score (nSPS) is 10.8. The molecule has 0 saturated carbocycles. The fourth-order valence-electron chi connectivity index (χ4n) is 0.726. The minimum atomic E-state index is 0.258. The number of alkyl halides is 2. The highest BCUT2D eigenvalue weighted by Crippen LogP contribution is 1.84. The SMILES string of the molecule is ClCCOCCOCOCCOCCCl. The second kappa shape index (κ2) is 14.4. The molecule has 0 unspecified atom stereocenters. The van der Waals surface area contributed by atoms with Gasteiger partial charge in [0.05, 0.1) is 39.6 Å².